The molecule has 0 radical (unpaired) electrons. The predicted octanol–water partition coefficient (Wildman–Crippen LogP) is 3.14. The number of ether oxygens (including phenoxy) is 2. The third-order valence-corrected chi connectivity index (χ3v) is 4.54. The number of aromatic nitrogens is 3. The highest BCUT2D eigenvalue weighted by Gasteiger charge is 2.11. The number of hydrogen-bond donors (Lipinski definition) is 0. The zero-order valence-corrected chi connectivity index (χ0v) is 16.6. The van der Waals surface area contributed by atoms with Gasteiger partial charge in [0.25, 0.3) is 5.56 Å². The van der Waals surface area contributed by atoms with Crippen LogP contribution in [-0.2, 0) is 6.61 Å². The lowest BCUT2D eigenvalue weighted by molar-refractivity contribution is 0.284. The summed E-state index contributed by atoms with van der Waals surface area (Å²) in [6.07, 6.45) is 3.37. The van der Waals surface area contributed by atoms with Crippen LogP contribution in [0.15, 0.2) is 63.6 Å². The molecule has 28 heavy (non-hydrogen) atoms. The van der Waals surface area contributed by atoms with E-state index in [0.717, 1.165) is 5.56 Å². The van der Waals surface area contributed by atoms with Crippen LogP contribution < -0.4 is 15.0 Å². The highest BCUT2D eigenvalue weighted by atomic mass is 32.2. The quantitative estimate of drug-likeness (QED) is 0.451. The third-order valence-electron chi connectivity index (χ3n) is 3.92. The highest BCUT2D eigenvalue weighted by molar-refractivity contribution is 7.98. The summed E-state index contributed by atoms with van der Waals surface area (Å²) in [7, 11) is 1.58. The van der Waals surface area contributed by atoms with Gasteiger partial charge in [0.1, 0.15) is 12.3 Å². The van der Waals surface area contributed by atoms with Crippen LogP contribution in [0.3, 0.4) is 0 Å². The van der Waals surface area contributed by atoms with Crippen molar-refractivity contribution >= 4 is 18.0 Å². The zero-order valence-electron chi connectivity index (χ0n) is 15.8. The predicted molar refractivity (Wildman–Crippen MR) is 110 cm³/mol. The monoisotopic (exact) mass is 396 g/mol. The number of thioether (sulfide) groups is 1. The average molecular weight is 396 g/mol. The summed E-state index contributed by atoms with van der Waals surface area (Å²) in [6, 6.07) is 15.3. The minimum Gasteiger partial charge on any atom is -0.493 e. The Morgan fingerprint density at radius 3 is 2.64 bits per heavy atom. The standard InChI is InChI=1S/C20H20N4O3S/c1-14-19(25)24(20(28-3)23-22-14)21-12-16-10-7-11-17(26-2)18(16)27-13-15-8-5-4-6-9-15/h4-12H,13H2,1-3H3/b21-12-. The van der Waals surface area contributed by atoms with E-state index in [2.05, 4.69) is 15.3 Å². The maximum Gasteiger partial charge on any atom is 0.296 e. The molecular weight excluding hydrogens is 376 g/mol. The second kappa shape index (κ2) is 9.18. The molecule has 0 saturated carbocycles. The molecule has 7 nitrogen and oxygen atoms in total. The summed E-state index contributed by atoms with van der Waals surface area (Å²) in [5, 5.41) is 12.6. The van der Waals surface area contributed by atoms with E-state index in [1.807, 2.05) is 54.8 Å². The molecule has 0 atom stereocenters. The van der Waals surface area contributed by atoms with Crippen molar-refractivity contribution in [2.24, 2.45) is 5.10 Å². The Kier molecular flexibility index (Phi) is 6.44. The summed E-state index contributed by atoms with van der Waals surface area (Å²) in [5.74, 6) is 1.14. The highest BCUT2D eigenvalue weighted by Crippen LogP contribution is 2.31. The van der Waals surface area contributed by atoms with Gasteiger partial charge in [0.15, 0.2) is 11.5 Å². The van der Waals surface area contributed by atoms with E-state index in [1.165, 1.54) is 16.4 Å². The minimum absolute atomic E-state index is 0.279. The fourth-order valence-electron chi connectivity index (χ4n) is 2.47. The molecule has 0 amide bonds. The lowest BCUT2D eigenvalue weighted by atomic mass is 10.2. The topological polar surface area (TPSA) is 78.6 Å². The van der Waals surface area contributed by atoms with Crippen LogP contribution in [0.25, 0.3) is 0 Å². The molecular formula is C20H20N4O3S. The van der Waals surface area contributed by atoms with Crippen molar-refractivity contribution < 1.29 is 9.47 Å². The van der Waals surface area contributed by atoms with Crippen molar-refractivity contribution in [3.05, 3.63) is 75.7 Å². The molecule has 0 aliphatic carbocycles. The van der Waals surface area contributed by atoms with Gasteiger partial charge in [0, 0.05) is 5.56 Å². The van der Waals surface area contributed by atoms with Gasteiger partial charge in [0.05, 0.1) is 13.3 Å². The molecule has 0 fully saturated rings. The molecule has 0 unspecified atom stereocenters. The summed E-state index contributed by atoms with van der Waals surface area (Å²) in [4.78, 5) is 12.4. The van der Waals surface area contributed by atoms with Crippen LogP contribution in [0.4, 0.5) is 0 Å². The van der Waals surface area contributed by atoms with Crippen molar-refractivity contribution in [3.63, 3.8) is 0 Å². The van der Waals surface area contributed by atoms with Gasteiger partial charge in [-0.2, -0.15) is 9.78 Å². The van der Waals surface area contributed by atoms with E-state index in [-0.39, 0.29) is 11.3 Å². The first-order chi connectivity index (χ1) is 13.6. The fourth-order valence-corrected chi connectivity index (χ4v) is 2.90. The molecule has 3 rings (SSSR count). The van der Waals surface area contributed by atoms with Gasteiger partial charge >= 0.3 is 0 Å². The number of nitrogens with zero attached hydrogens (tertiary/aromatic N) is 4. The minimum atomic E-state index is -0.315. The van der Waals surface area contributed by atoms with Gasteiger partial charge in [-0.3, -0.25) is 4.79 Å². The zero-order chi connectivity index (χ0) is 19.9. The van der Waals surface area contributed by atoms with E-state index in [9.17, 15) is 4.79 Å². The first kappa shape index (κ1) is 19.6. The largest absolute Gasteiger partial charge is 0.493 e. The summed E-state index contributed by atoms with van der Waals surface area (Å²) in [5.41, 5.74) is 1.68. The van der Waals surface area contributed by atoms with Crippen LogP contribution in [0, 0.1) is 6.92 Å². The van der Waals surface area contributed by atoms with E-state index < -0.39 is 0 Å². The van der Waals surface area contributed by atoms with Crippen molar-refractivity contribution in [2.75, 3.05) is 13.4 Å². The van der Waals surface area contributed by atoms with Gasteiger partial charge < -0.3 is 9.47 Å². The van der Waals surface area contributed by atoms with Gasteiger partial charge in [-0.25, -0.2) is 0 Å². The first-order valence-electron chi connectivity index (χ1n) is 8.52. The molecule has 0 aliphatic rings. The Labute approximate surface area is 167 Å². The molecule has 2 aromatic carbocycles. The molecule has 0 N–H and O–H groups in total. The van der Waals surface area contributed by atoms with Crippen LogP contribution in [-0.4, -0.2) is 34.5 Å². The smallest absolute Gasteiger partial charge is 0.296 e. The lowest BCUT2D eigenvalue weighted by Crippen LogP contribution is -2.23. The van der Waals surface area contributed by atoms with E-state index in [1.54, 1.807) is 20.2 Å². The van der Waals surface area contributed by atoms with E-state index >= 15 is 0 Å². The summed E-state index contributed by atoms with van der Waals surface area (Å²) in [6.45, 7) is 1.99. The van der Waals surface area contributed by atoms with Crippen molar-refractivity contribution in [1.82, 2.24) is 14.9 Å². The number of hydrogen-bond acceptors (Lipinski definition) is 7. The van der Waals surface area contributed by atoms with Gasteiger partial charge in [-0.15, -0.1) is 10.2 Å². The number of para-hydroxylation sites is 1. The van der Waals surface area contributed by atoms with Crippen molar-refractivity contribution in [1.29, 1.82) is 0 Å². The number of benzene rings is 2. The molecule has 1 aromatic heterocycles. The molecule has 1 heterocycles. The Balaban J connectivity index is 1.95. The van der Waals surface area contributed by atoms with Crippen LogP contribution in [0.2, 0.25) is 0 Å². The summed E-state index contributed by atoms with van der Waals surface area (Å²) >= 11 is 1.29. The number of rotatable bonds is 7. The normalized spacial score (nSPS) is 11.0. The van der Waals surface area contributed by atoms with E-state index in [4.69, 9.17) is 9.47 Å². The van der Waals surface area contributed by atoms with Crippen LogP contribution in [0.5, 0.6) is 11.5 Å². The van der Waals surface area contributed by atoms with Crippen molar-refractivity contribution in [3.8, 4) is 11.5 Å². The molecule has 8 heteroatoms. The fraction of sp³-hybridized carbons (Fsp3) is 0.200. The molecule has 0 aliphatic heterocycles. The third kappa shape index (κ3) is 4.40. The number of aryl methyl sites for hydroxylation is 1. The maximum atomic E-state index is 12.4. The second-order valence-electron chi connectivity index (χ2n) is 5.79. The Morgan fingerprint density at radius 1 is 1.14 bits per heavy atom. The Bertz CT molecular complexity index is 1040. The van der Waals surface area contributed by atoms with Gasteiger partial charge in [-0.05, 0) is 30.9 Å². The van der Waals surface area contributed by atoms with Crippen LogP contribution >= 0.6 is 11.8 Å². The molecule has 0 bridgehead atoms. The maximum absolute atomic E-state index is 12.4. The molecule has 0 saturated heterocycles. The molecule has 144 valence electrons. The molecule has 3 aromatic rings. The molecule has 0 spiro atoms. The van der Waals surface area contributed by atoms with Crippen molar-refractivity contribution in [2.45, 2.75) is 18.7 Å². The Hall–Kier alpha value is -3.13. The second-order valence-corrected chi connectivity index (χ2v) is 6.56. The van der Waals surface area contributed by atoms with Gasteiger partial charge in [0.2, 0.25) is 5.16 Å². The summed E-state index contributed by atoms with van der Waals surface area (Å²) < 4.78 is 12.7. The number of methoxy groups -OCH3 is 1. The lowest BCUT2D eigenvalue weighted by Gasteiger charge is -2.13. The average Bonchev–Trinajstić information content (AvgIpc) is 2.74. The Morgan fingerprint density at radius 2 is 1.93 bits per heavy atom. The van der Waals surface area contributed by atoms with Crippen LogP contribution in [0.1, 0.15) is 16.8 Å². The van der Waals surface area contributed by atoms with E-state index in [0.29, 0.717) is 28.8 Å². The SMILES string of the molecule is COc1cccc(/C=N\n2c(SC)nnc(C)c2=O)c1OCc1ccccc1. The first-order valence-corrected chi connectivity index (χ1v) is 9.75. The van der Waals surface area contributed by atoms with Gasteiger partial charge in [-0.1, -0.05) is 48.2 Å².